The molecular weight excluding hydrogens is 480 g/mol. The average molecular weight is 505 g/mol. The molecule has 5 rings (SSSR count). The molecule has 0 saturated carbocycles. The number of hydrogen-bond acceptors (Lipinski definition) is 5. The first-order chi connectivity index (χ1) is 17.3. The molecule has 2 aliphatic heterocycles. The highest BCUT2D eigenvalue weighted by Crippen LogP contribution is 2.34. The molecule has 1 atom stereocenters. The van der Waals surface area contributed by atoms with Crippen LogP contribution in [0.4, 0.5) is 17.1 Å². The maximum Gasteiger partial charge on any atom is 0.252 e. The van der Waals surface area contributed by atoms with Crippen LogP contribution < -0.4 is 27.0 Å². The summed E-state index contributed by atoms with van der Waals surface area (Å²) in [5.41, 5.74) is 4.88. The van der Waals surface area contributed by atoms with E-state index in [9.17, 15) is 14.4 Å². The number of anilines is 3. The number of nitrogens with one attached hydrogen (secondary N) is 2. The molecule has 36 heavy (non-hydrogen) atoms. The van der Waals surface area contributed by atoms with Gasteiger partial charge in [-0.15, -0.1) is 0 Å². The van der Waals surface area contributed by atoms with Crippen molar-refractivity contribution in [3.8, 4) is 11.1 Å². The standard InChI is InChI=1S/C26H25ClN6O3/c1-29-14-32(28)22-7-3-17(27)13-20(22)16-11-19-5-8-23(33(19)25(35)12-16)26(36)30-18-4-6-21-15(10-18)2-9-24(34)31-21/h3-4,6-7,10-14,23H,2,5,8-9,28H2,1H3,(H,30,36)(H,31,34)/b29-14-/t23-/m0/s1. The number of hydrogen-bond donors (Lipinski definition) is 3. The van der Waals surface area contributed by atoms with E-state index in [1.165, 1.54) is 17.4 Å². The third kappa shape index (κ3) is 4.50. The SMILES string of the molecule is C/N=C\N(N)c1ccc(Cl)cc1-c1cc2n(c(=O)c1)[C@H](C(=O)Nc1ccc3c(c1)CCC(=O)N3)CC2. The van der Waals surface area contributed by atoms with Crippen LogP contribution in [0.25, 0.3) is 11.1 Å². The fourth-order valence-corrected chi connectivity index (χ4v) is 5.01. The highest BCUT2D eigenvalue weighted by atomic mass is 35.5. The number of rotatable bonds is 5. The number of nitrogens with zero attached hydrogens (tertiary/aromatic N) is 3. The van der Waals surface area contributed by atoms with Crippen molar-refractivity contribution in [2.75, 3.05) is 22.7 Å². The molecule has 0 radical (unpaired) electrons. The number of benzene rings is 2. The lowest BCUT2D eigenvalue weighted by atomic mass is 10.0. The molecule has 2 aliphatic rings. The molecular formula is C26H25ClN6O3. The van der Waals surface area contributed by atoms with Crippen molar-refractivity contribution in [2.24, 2.45) is 10.8 Å². The van der Waals surface area contributed by atoms with E-state index in [4.69, 9.17) is 17.4 Å². The third-order valence-electron chi connectivity index (χ3n) is 6.49. The summed E-state index contributed by atoms with van der Waals surface area (Å²) in [6, 6.07) is 13.4. The Morgan fingerprint density at radius 3 is 2.81 bits per heavy atom. The van der Waals surface area contributed by atoms with E-state index in [1.54, 1.807) is 41.9 Å². The van der Waals surface area contributed by atoms with Gasteiger partial charge >= 0.3 is 0 Å². The van der Waals surface area contributed by atoms with Crippen molar-refractivity contribution >= 4 is 46.8 Å². The molecule has 3 aromatic rings. The topological polar surface area (TPSA) is 122 Å². The molecule has 9 nitrogen and oxygen atoms in total. The van der Waals surface area contributed by atoms with Crippen molar-refractivity contribution in [3.63, 3.8) is 0 Å². The summed E-state index contributed by atoms with van der Waals surface area (Å²) >= 11 is 6.25. The molecule has 0 aliphatic carbocycles. The molecule has 4 N–H and O–H groups in total. The number of amides is 2. The van der Waals surface area contributed by atoms with Gasteiger partial charge in [-0.3, -0.25) is 24.4 Å². The van der Waals surface area contributed by atoms with Crippen molar-refractivity contribution in [1.82, 2.24) is 4.57 Å². The first-order valence-electron chi connectivity index (χ1n) is 11.6. The Kier molecular flexibility index (Phi) is 6.34. The van der Waals surface area contributed by atoms with E-state index in [-0.39, 0.29) is 17.4 Å². The predicted octanol–water partition coefficient (Wildman–Crippen LogP) is 3.52. The second-order valence-electron chi connectivity index (χ2n) is 8.85. The number of carbonyl (C=O) groups excluding carboxylic acids is 2. The maximum atomic E-state index is 13.2. The van der Waals surface area contributed by atoms with E-state index in [0.29, 0.717) is 53.2 Å². The summed E-state index contributed by atoms with van der Waals surface area (Å²) in [6.45, 7) is 0. The summed E-state index contributed by atoms with van der Waals surface area (Å²) in [7, 11) is 1.62. The highest BCUT2D eigenvalue weighted by molar-refractivity contribution is 6.31. The van der Waals surface area contributed by atoms with Crippen LogP contribution in [0.1, 0.15) is 30.1 Å². The molecule has 0 bridgehead atoms. The Morgan fingerprint density at radius 1 is 1.17 bits per heavy atom. The number of aliphatic imine (C=N–C) groups is 1. The summed E-state index contributed by atoms with van der Waals surface area (Å²) in [5.74, 6) is 5.85. The molecule has 184 valence electrons. The van der Waals surface area contributed by atoms with Crippen molar-refractivity contribution in [2.45, 2.75) is 31.7 Å². The summed E-state index contributed by atoms with van der Waals surface area (Å²) in [5, 5.41) is 7.66. The van der Waals surface area contributed by atoms with Crippen LogP contribution in [0.5, 0.6) is 0 Å². The van der Waals surface area contributed by atoms with Crippen LogP contribution in [0.2, 0.25) is 5.02 Å². The van der Waals surface area contributed by atoms with Gasteiger partial charge in [0.15, 0.2) is 0 Å². The van der Waals surface area contributed by atoms with E-state index < -0.39 is 6.04 Å². The van der Waals surface area contributed by atoms with Crippen LogP contribution in [-0.4, -0.2) is 29.8 Å². The molecule has 2 amide bonds. The molecule has 10 heteroatoms. The molecule has 0 unspecified atom stereocenters. The Morgan fingerprint density at radius 2 is 2.00 bits per heavy atom. The number of carbonyl (C=O) groups is 2. The predicted molar refractivity (Wildman–Crippen MR) is 142 cm³/mol. The van der Waals surface area contributed by atoms with E-state index in [0.717, 1.165) is 16.9 Å². The van der Waals surface area contributed by atoms with Crippen LogP contribution >= 0.6 is 11.6 Å². The van der Waals surface area contributed by atoms with Gasteiger partial charge in [0.1, 0.15) is 12.4 Å². The average Bonchev–Trinajstić information content (AvgIpc) is 3.29. The maximum absolute atomic E-state index is 13.2. The van der Waals surface area contributed by atoms with E-state index in [1.807, 2.05) is 12.1 Å². The Hall–Kier alpha value is -3.95. The lowest BCUT2D eigenvalue weighted by Crippen LogP contribution is -2.31. The minimum Gasteiger partial charge on any atom is -0.326 e. The van der Waals surface area contributed by atoms with Gasteiger partial charge in [-0.05, 0) is 72.9 Å². The lowest BCUT2D eigenvalue weighted by Gasteiger charge is -2.20. The first kappa shape index (κ1) is 23.8. The minimum absolute atomic E-state index is 0.0110. The molecule has 0 saturated heterocycles. The minimum atomic E-state index is -0.616. The van der Waals surface area contributed by atoms with Crippen LogP contribution in [0.15, 0.2) is 58.3 Å². The summed E-state index contributed by atoms with van der Waals surface area (Å²) < 4.78 is 1.55. The summed E-state index contributed by atoms with van der Waals surface area (Å²) in [4.78, 5) is 41.9. The molecule has 1 aromatic heterocycles. The van der Waals surface area contributed by atoms with Crippen LogP contribution in [-0.2, 0) is 22.4 Å². The number of aryl methyl sites for hydroxylation is 2. The van der Waals surface area contributed by atoms with Crippen LogP contribution in [0.3, 0.4) is 0 Å². The smallest absolute Gasteiger partial charge is 0.252 e. The lowest BCUT2D eigenvalue weighted by molar-refractivity contribution is -0.119. The second kappa shape index (κ2) is 9.60. The normalized spacial score (nSPS) is 16.4. The monoisotopic (exact) mass is 504 g/mol. The van der Waals surface area contributed by atoms with E-state index in [2.05, 4.69) is 15.6 Å². The first-order valence-corrected chi connectivity index (χ1v) is 12.0. The quantitative estimate of drug-likeness (QED) is 0.212. The molecule has 0 fully saturated rings. The highest BCUT2D eigenvalue weighted by Gasteiger charge is 2.30. The van der Waals surface area contributed by atoms with Crippen LogP contribution in [0, 0.1) is 0 Å². The van der Waals surface area contributed by atoms with Gasteiger partial charge < -0.3 is 15.2 Å². The molecule has 0 spiro atoms. The number of halogens is 1. The van der Waals surface area contributed by atoms with Gasteiger partial charge in [0.2, 0.25) is 11.8 Å². The van der Waals surface area contributed by atoms with Gasteiger partial charge in [0, 0.05) is 47.2 Å². The number of aromatic nitrogens is 1. The largest absolute Gasteiger partial charge is 0.326 e. The fourth-order valence-electron chi connectivity index (χ4n) is 4.84. The second-order valence-corrected chi connectivity index (χ2v) is 9.29. The van der Waals surface area contributed by atoms with Gasteiger partial charge in [0.05, 0.1) is 5.69 Å². The zero-order valence-electron chi connectivity index (χ0n) is 19.6. The van der Waals surface area contributed by atoms with Crippen molar-refractivity contribution < 1.29 is 9.59 Å². The third-order valence-corrected chi connectivity index (χ3v) is 6.73. The zero-order chi connectivity index (χ0) is 25.4. The van der Waals surface area contributed by atoms with Gasteiger partial charge in [-0.1, -0.05) is 11.6 Å². The molecule has 2 aromatic carbocycles. The van der Waals surface area contributed by atoms with Gasteiger partial charge in [-0.25, -0.2) is 5.84 Å². The summed E-state index contributed by atoms with van der Waals surface area (Å²) in [6.07, 6.45) is 3.60. The Bertz CT molecular complexity index is 1460. The van der Waals surface area contributed by atoms with Crippen molar-refractivity contribution in [1.29, 1.82) is 0 Å². The van der Waals surface area contributed by atoms with Gasteiger partial charge in [0.25, 0.3) is 5.56 Å². The number of fused-ring (bicyclic) bond motifs is 2. The van der Waals surface area contributed by atoms with Crippen molar-refractivity contribution in [3.05, 3.63) is 75.2 Å². The Labute approximate surface area is 212 Å². The zero-order valence-corrected chi connectivity index (χ0v) is 20.4. The number of hydrazine groups is 1. The number of nitrogens with two attached hydrogens (primary N) is 1. The fraction of sp³-hybridized carbons (Fsp3) is 0.231. The number of pyridine rings is 1. The molecule has 3 heterocycles. The van der Waals surface area contributed by atoms with Gasteiger partial charge in [-0.2, -0.15) is 0 Å². The Balaban J connectivity index is 1.43. The van der Waals surface area contributed by atoms with E-state index >= 15 is 0 Å².